The normalized spacial score (nSPS) is 13.9. The molecule has 2 atom stereocenters. The second-order valence-electron chi connectivity index (χ2n) is 4.74. The zero-order valence-electron chi connectivity index (χ0n) is 11.8. The molecule has 0 fully saturated rings. The molecule has 2 nitrogen and oxygen atoms in total. The van der Waals surface area contributed by atoms with Crippen molar-refractivity contribution in [3.05, 3.63) is 65.5 Å². The summed E-state index contributed by atoms with van der Waals surface area (Å²) in [6.45, 7) is -1.06. The molecule has 0 saturated carbocycles. The van der Waals surface area contributed by atoms with Crippen LogP contribution < -0.4 is 4.74 Å². The quantitative estimate of drug-likeness (QED) is 0.784. The Bertz CT molecular complexity index is 627. The minimum Gasteiger partial charge on any atom is -0.435 e. The van der Waals surface area contributed by atoms with Crippen LogP contribution in [0.4, 0.5) is 13.2 Å². The third kappa shape index (κ3) is 4.59. The minimum atomic E-state index is -2.86. The summed E-state index contributed by atoms with van der Waals surface area (Å²) in [5.41, 5.74) is 1.55. The van der Waals surface area contributed by atoms with Crippen molar-refractivity contribution < 1.29 is 22.1 Å². The molecule has 0 spiro atoms. The topological polar surface area (TPSA) is 26.3 Å². The van der Waals surface area contributed by atoms with Crippen molar-refractivity contribution in [3.63, 3.8) is 0 Å². The molecule has 0 aliphatic carbocycles. The van der Waals surface area contributed by atoms with E-state index in [0.717, 1.165) is 11.1 Å². The Morgan fingerprint density at radius 2 is 1.64 bits per heavy atom. The Balaban J connectivity index is 2.00. The van der Waals surface area contributed by atoms with E-state index in [0.29, 0.717) is 0 Å². The van der Waals surface area contributed by atoms with Crippen LogP contribution >= 0.6 is 0 Å². The monoisotopic (exact) mass is 328 g/mol. The van der Waals surface area contributed by atoms with Crippen LogP contribution in [0.2, 0.25) is 0 Å². The Hall–Kier alpha value is -1.82. The standard InChI is InChI=1S/C16H15F3O2S/c1-11(13-4-6-14(17)7-5-13)22(20)10-12-2-8-15(9-3-12)21-16(18)19/h2-9,11,16H,10H2,1H3/t11-,22-/m1/s1. The van der Waals surface area contributed by atoms with E-state index in [2.05, 4.69) is 4.74 Å². The zero-order valence-corrected chi connectivity index (χ0v) is 12.7. The van der Waals surface area contributed by atoms with E-state index in [1.165, 1.54) is 24.3 Å². The molecule has 0 aliphatic rings. The van der Waals surface area contributed by atoms with Crippen molar-refractivity contribution >= 4 is 10.8 Å². The fraction of sp³-hybridized carbons (Fsp3) is 0.250. The van der Waals surface area contributed by atoms with Gasteiger partial charge in [0, 0.05) is 16.6 Å². The van der Waals surface area contributed by atoms with Gasteiger partial charge in [-0.3, -0.25) is 4.21 Å². The van der Waals surface area contributed by atoms with Gasteiger partial charge in [-0.1, -0.05) is 24.3 Å². The maximum Gasteiger partial charge on any atom is 0.387 e. The summed E-state index contributed by atoms with van der Waals surface area (Å²) in [6.07, 6.45) is 0. The first-order valence-corrected chi connectivity index (χ1v) is 8.00. The fourth-order valence-electron chi connectivity index (χ4n) is 1.94. The Morgan fingerprint density at radius 3 is 2.18 bits per heavy atom. The summed E-state index contributed by atoms with van der Waals surface area (Å²) in [4.78, 5) is 0. The van der Waals surface area contributed by atoms with E-state index in [-0.39, 0.29) is 22.6 Å². The highest BCUT2D eigenvalue weighted by atomic mass is 32.2. The number of halogens is 3. The van der Waals surface area contributed by atoms with Gasteiger partial charge in [0.2, 0.25) is 0 Å². The first kappa shape index (κ1) is 16.5. The summed E-state index contributed by atoms with van der Waals surface area (Å²) < 4.78 is 53.6. The molecule has 0 aromatic heterocycles. The second kappa shape index (κ2) is 7.45. The van der Waals surface area contributed by atoms with E-state index in [4.69, 9.17) is 0 Å². The van der Waals surface area contributed by atoms with Crippen LogP contribution in [0, 0.1) is 5.82 Å². The molecular formula is C16H15F3O2S. The number of alkyl halides is 2. The van der Waals surface area contributed by atoms with Crippen LogP contribution in [-0.2, 0) is 16.6 Å². The smallest absolute Gasteiger partial charge is 0.387 e. The Morgan fingerprint density at radius 1 is 1.05 bits per heavy atom. The van der Waals surface area contributed by atoms with E-state index in [1.54, 1.807) is 31.2 Å². The molecule has 22 heavy (non-hydrogen) atoms. The van der Waals surface area contributed by atoms with Gasteiger partial charge in [-0.15, -0.1) is 0 Å². The molecule has 0 bridgehead atoms. The molecule has 118 valence electrons. The highest BCUT2D eigenvalue weighted by Gasteiger charge is 2.14. The van der Waals surface area contributed by atoms with Crippen LogP contribution in [0.15, 0.2) is 48.5 Å². The van der Waals surface area contributed by atoms with Crippen molar-refractivity contribution in [2.75, 3.05) is 0 Å². The molecule has 0 aliphatic heterocycles. The Kier molecular flexibility index (Phi) is 5.60. The molecule has 0 radical (unpaired) electrons. The van der Waals surface area contributed by atoms with Gasteiger partial charge in [-0.25, -0.2) is 4.39 Å². The summed E-state index contributed by atoms with van der Waals surface area (Å²) >= 11 is 0. The lowest BCUT2D eigenvalue weighted by Crippen LogP contribution is -2.06. The van der Waals surface area contributed by atoms with E-state index in [1.807, 2.05) is 0 Å². The van der Waals surface area contributed by atoms with Crippen molar-refractivity contribution in [2.24, 2.45) is 0 Å². The average Bonchev–Trinajstić information content (AvgIpc) is 2.49. The molecule has 0 unspecified atom stereocenters. The van der Waals surface area contributed by atoms with Crippen molar-refractivity contribution in [1.82, 2.24) is 0 Å². The van der Waals surface area contributed by atoms with E-state index in [9.17, 15) is 17.4 Å². The molecule has 2 aromatic rings. The lowest BCUT2D eigenvalue weighted by molar-refractivity contribution is -0.0498. The maximum atomic E-state index is 12.9. The average molecular weight is 328 g/mol. The van der Waals surface area contributed by atoms with Crippen LogP contribution in [0.25, 0.3) is 0 Å². The van der Waals surface area contributed by atoms with E-state index >= 15 is 0 Å². The van der Waals surface area contributed by atoms with Crippen LogP contribution in [0.3, 0.4) is 0 Å². The first-order chi connectivity index (χ1) is 10.5. The summed E-state index contributed by atoms with van der Waals surface area (Å²) in [6, 6.07) is 11.9. The molecular weight excluding hydrogens is 313 g/mol. The second-order valence-corrected chi connectivity index (χ2v) is 6.50. The number of hydrogen-bond acceptors (Lipinski definition) is 2. The highest BCUT2D eigenvalue weighted by molar-refractivity contribution is 7.84. The largest absolute Gasteiger partial charge is 0.435 e. The van der Waals surface area contributed by atoms with Gasteiger partial charge in [0.25, 0.3) is 0 Å². The first-order valence-electron chi connectivity index (χ1n) is 6.62. The molecule has 0 N–H and O–H groups in total. The summed E-state index contributed by atoms with van der Waals surface area (Å²) in [5, 5.41) is -0.252. The van der Waals surface area contributed by atoms with Gasteiger partial charge in [0.1, 0.15) is 11.6 Å². The van der Waals surface area contributed by atoms with Crippen molar-refractivity contribution in [2.45, 2.75) is 24.5 Å². The van der Waals surface area contributed by atoms with Gasteiger partial charge in [-0.05, 0) is 42.3 Å². The minimum absolute atomic E-state index is 0.0658. The van der Waals surface area contributed by atoms with Crippen LogP contribution in [-0.4, -0.2) is 10.8 Å². The maximum absolute atomic E-state index is 12.9. The number of benzene rings is 2. The summed E-state index contributed by atoms with van der Waals surface area (Å²) in [7, 11) is -1.20. The van der Waals surface area contributed by atoms with Gasteiger partial charge >= 0.3 is 6.61 Å². The highest BCUT2D eigenvalue weighted by Crippen LogP contribution is 2.23. The molecule has 2 rings (SSSR count). The van der Waals surface area contributed by atoms with Crippen molar-refractivity contribution in [3.8, 4) is 5.75 Å². The zero-order chi connectivity index (χ0) is 16.1. The number of hydrogen-bond donors (Lipinski definition) is 0. The fourth-order valence-corrected chi connectivity index (χ4v) is 3.17. The third-order valence-electron chi connectivity index (χ3n) is 3.19. The molecule has 6 heteroatoms. The third-order valence-corrected chi connectivity index (χ3v) is 4.87. The predicted octanol–water partition coefficient (Wildman–Crippen LogP) is 4.44. The van der Waals surface area contributed by atoms with E-state index < -0.39 is 17.4 Å². The van der Waals surface area contributed by atoms with Crippen molar-refractivity contribution in [1.29, 1.82) is 0 Å². The van der Waals surface area contributed by atoms with Crippen LogP contribution in [0.1, 0.15) is 23.3 Å². The van der Waals surface area contributed by atoms with Gasteiger partial charge in [-0.2, -0.15) is 8.78 Å². The molecule has 0 heterocycles. The van der Waals surface area contributed by atoms with Gasteiger partial charge in [0.05, 0.1) is 5.25 Å². The lowest BCUT2D eigenvalue weighted by atomic mass is 10.2. The Labute approximate surface area is 129 Å². The SMILES string of the molecule is C[C@H](c1ccc(F)cc1)[S@](=O)Cc1ccc(OC(F)F)cc1. The molecule has 2 aromatic carbocycles. The number of rotatable bonds is 6. The van der Waals surface area contributed by atoms with Gasteiger partial charge in [0.15, 0.2) is 0 Å². The number of ether oxygens (including phenoxy) is 1. The van der Waals surface area contributed by atoms with Gasteiger partial charge < -0.3 is 4.74 Å². The van der Waals surface area contributed by atoms with Crippen LogP contribution in [0.5, 0.6) is 5.75 Å². The molecule has 0 saturated heterocycles. The lowest BCUT2D eigenvalue weighted by Gasteiger charge is -2.12. The predicted molar refractivity (Wildman–Crippen MR) is 79.7 cm³/mol. The summed E-state index contributed by atoms with van der Waals surface area (Å²) in [5.74, 6) is 0.0144. The molecule has 0 amide bonds.